The van der Waals surface area contributed by atoms with Crippen molar-refractivity contribution < 1.29 is 23.1 Å². The molecule has 3 aromatic rings. The number of carbonyl (C=O) groups is 1. The van der Waals surface area contributed by atoms with Crippen LogP contribution in [0.5, 0.6) is 5.75 Å². The monoisotopic (exact) mass is 522 g/mol. The number of carboxylic acid groups (broad SMARTS) is 1. The van der Waals surface area contributed by atoms with Crippen molar-refractivity contribution in [3.05, 3.63) is 84.4 Å². The Hall–Kier alpha value is -3.20. The predicted molar refractivity (Wildman–Crippen MR) is 144 cm³/mol. The van der Waals surface area contributed by atoms with Gasteiger partial charge in [-0.05, 0) is 79.7 Å². The van der Waals surface area contributed by atoms with E-state index in [9.17, 15) is 18.3 Å². The summed E-state index contributed by atoms with van der Waals surface area (Å²) in [4.78, 5) is 14.7. The third kappa shape index (κ3) is 5.87. The molecule has 2 atom stereocenters. The summed E-state index contributed by atoms with van der Waals surface area (Å²) in [6.07, 6.45) is 1.23. The second kappa shape index (κ2) is 11.5. The Kier molecular flexibility index (Phi) is 8.32. The number of ether oxygens (including phenoxy) is 1. The first-order valence-corrected chi connectivity index (χ1v) is 13.9. The molecule has 0 bridgehead atoms. The van der Waals surface area contributed by atoms with Crippen molar-refractivity contribution in [2.45, 2.75) is 36.7 Å². The minimum atomic E-state index is -4.00. The summed E-state index contributed by atoms with van der Waals surface area (Å²) in [5.74, 6) is -0.643. The summed E-state index contributed by atoms with van der Waals surface area (Å²) in [5, 5.41) is 10.1. The summed E-state index contributed by atoms with van der Waals surface area (Å²) in [6.45, 7) is 3.58. The van der Waals surface area contributed by atoms with Crippen LogP contribution in [0.1, 0.15) is 31.4 Å². The van der Waals surface area contributed by atoms with Crippen molar-refractivity contribution in [1.82, 2.24) is 9.21 Å². The molecule has 7 nitrogen and oxygen atoms in total. The lowest BCUT2D eigenvalue weighted by molar-refractivity contribution is -0.143. The molecule has 0 radical (unpaired) electrons. The fourth-order valence-corrected chi connectivity index (χ4v) is 6.51. The molecule has 196 valence electrons. The van der Waals surface area contributed by atoms with Gasteiger partial charge in [-0.2, -0.15) is 4.31 Å². The molecule has 37 heavy (non-hydrogen) atoms. The molecule has 1 saturated heterocycles. The van der Waals surface area contributed by atoms with Crippen LogP contribution in [0.3, 0.4) is 0 Å². The number of aliphatic carboxylic acids is 1. The van der Waals surface area contributed by atoms with E-state index in [0.29, 0.717) is 12.8 Å². The van der Waals surface area contributed by atoms with Gasteiger partial charge in [-0.15, -0.1) is 0 Å². The van der Waals surface area contributed by atoms with E-state index in [2.05, 4.69) is 24.0 Å². The van der Waals surface area contributed by atoms with Crippen LogP contribution in [0.25, 0.3) is 11.1 Å². The van der Waals surface area contributed by atoms with Crippen molar-refractivity contribution in [3.63, 3.8) is 0 Å². The first-order chi connectivity index (χ1) is 17.7. The lowest BCUT2D eigenvalue weighted by Crippen LogP contribution is -2.50. The molecular formula is C29H34N2O5S. The van der Waals surface area contributed by atoms with E-state index in [1.807, 2.05) is 42.5 Å². The number of carboxylic acids is 1. The summed E-state index contributed by atoms with van der Waals surface area (Å²) in [5.41, 5.74) is 3.01. The van der Waals surface area contributed by atoms with E-state index in [1.54, 1.807) is 19.2 Å². The Morgan fingerprint density at radius 1 is 0.946 bits per heavy atom. The smallest absolute Gasteiger partial charge is 0.322 e. The standard InChI is InChI=1S/C29H34N2O5S/c1-21(22-7-5-4-6-8-22)31-19-17-25(18-20-31)28(29(32)33)30(2)37(34,35)27-15-11-24(12-16-27)23-9-13-26(36-3)14-10-23/h4-16,21,25,28H,17-20H2,1-3H3,(H,32,33). The highest BCUT2D eigenvalue weighted by Gasteiger charge is 2.40. The third-order valence-electron chi connectivity index (χ3n) is 7.45. The van der Waals surface area contributed by atoms with E-state index in [1.165, 1.54) is 24.7 Å². The number of sulfonamides is 1. The van der Waals surface area contributed by atoms with Crippen LogP contribution in [-0.4, -0.2) is 62.0 Å². The predicted octanol–water partition coefficient (Wildman–Crippen LogP) is 4.91. The van der Waals surface area contributed by atoms with Crippen molar-refractivity contribution in [2.24, 2.45) is 5.92 Å². The minimum Gasteiger partial charge on any atom is -0.497 e. The van der Waals surface area contributed by atoms with Gasteiger partial charge in [0.15, 0.2) is 0 Å². The number of likely N-dealkylation sites (N-methyl/N-ethyl adjacent to an activating group) is 1. The number of rotatable bonds is 9. The molecule has 1 fully saturated rings. The molecule has 0 spiro atoms. The Morgan fingerprint density at radius 3 is 2.00 bits per heavy atom. The van der Waals surface area contributed by atoms with Crippen LogP contribution in [0.4, 0.5) is 0 Å². The second-order valence-electron chi connectivity index (χ2n) is 9.52. The largest absolute Gasteiger partial charge is 0.497 e. The zero-order valence-corrected chi connectivity index (χ0v) is 22.3. The number of benzene rings is 3. The number of piperidine rings is 1. The molecule has 2 unspecified atom stereocenters. The van der Waals surface area contributed by atoms with Gasteiger partial charge in [-0.25, -0.2) is 8.42 Å². The van der Waals surface area contributed by atoms with E-state index in [-0.39, 0.29) is 16.9 Å². The fraction of sp³-hybridized carbons (Fsp3) is 0.345. The van der Waals surface area contributed by atoms with Gasteiger partial charge in [-0.1, -0.05) is 54.6 Å². The molecule has 1 aliphatic heterocycles. The highest BCUT2D eigenvalue weighted by Crippen LogP contribution is 2.32. The van der Waals surface area contributed by atoms with Crippen molar-refractivity contribution in [3.8, 4) is 16.9 Å². The highest BCUT2D eigenvalue weighted by molar-refractivity contribution is 7.89. The van der Waals surface area contributed by atoms with Gasteiger partial charge in [-0.3, -0.25) is 9.69 Å². The molecule has 0 saturated carbocycles. The van der Waals surface area contributed by atoms with Crippen molar-refractivity contribution >= 4 is 16.0 Å². The van der Waals surface area contributed by atoms with E-state index >= 15 is 0 Å². The van der Waals surface area contributed by atoms with E-state index in [4.69, 9.17) is 4.74 Å². The van der Waals surface area contributed by atoms with Crippen LogP contribution in [0, 0.1) is 5.92 Å². The fourth-order valence-electron chi connectivity index (χ4n) is 5.14. The van der Waals surface area contributed by atoms with Crippen molar-refractivity contribution in [2.75, 3.05) is 27.2 Å². The van der Waals surface area contributed by atoms with E-state index < -0.39 is 22.0 Å². The second-order valence-corrected chi connectivity index (χ2v) is 11.5. The molecule has 3 aromatic carbocycles. The normalized spacial score (nSPS) is 16.9. The molecule has 4 rings (SSSR count). The van der Waals surface area contributed by atoms with Crippen LogP contribution in [-0.2, 0) is 14.8 Å². The van der Waals surface area contributed by atoms with Gasteiger partial charge >= 0.3 is 5.97 Å². The lowest BCUT2D eigenvalue weighted by atomic mass is 9.88. The van der Waals surface area contributed by atoms with Crippen LogP contribution < -0.4 is 4.74 Å². The van der Waals surface area contributed by atoms with Gasteiger partial charge < -0.3 is 9.84 Å². The molecule has 0 aliphatic carbocycles. The summed E-state index contributed by atoms with van der Waals surface area (Å²) in [7, 11) is -1.02. The van der Waals surface area contributed by atoms with Gasteiger partial charge in [0.2, 0.25) is 10.0 Å². The number of methoxy groups -OCH3 is 1. The van der Waals surface area contributed by atoms with Gasteiger partial charge in [0.25, 0.3) is 0 Å². The Bertz CT molecular complexity index is 1290. The maximum atomic E-state index is 13.4. The number of nitrogens with zero attached hydrogens (tertiary/aromatic N) is 2. The first kappa shape index (κ1) is 26.9. The van der Waals surface area contributed by atoms with Crippen molar-refractivity contribution in [1.29, 1.82) is 0 Å². The first-order valence-electron chi connectivity index (χ1n) is 12.5. The zero-order valence-electron chi connectivity index (χ0n) is 21.4. The molecule has 8 heteroatoms. The van der Waals surface area contributed by atoms with Gasteiger partial charge in [0.05, 0.1) is 12.0 Å². The van der Waals surface area contributed by atoms with Crippen LogP contribution in [0.15, 0.2) is 83.8 Å². The third-order valence-corrected chi connectivity index (χ3v) is 9.30. The van der Waals surface area contributed by atoms with E-state index in [0.717, 1.165) is 34.3 Å². The molecule has 0 aromatic heterocycles. The maximum Gasteiger partial charge on any atom is 0.322 e. The quantitative estimate of drug-likeness (QED) is 0.430. The average Bonchev–Trinajstić information content (AvgIpc) is 2.93. The number of likely N-dealkylation sites (tertiary alicyclic amines) is 1. The molecular weight excluding hydrogens is 488 g/mol. The Morgan fingerprint density at radius 2 is 1.49 bits per heavy atom. The SMILES string of the molecule is COc1ccc(-c2ccc(S(=O)(=O)N(C)C(C(=O)O)C3CCN(C(C)c4ccccc4)CC3)cc2)cc1. The molecule has 1 aliphatic rings. The summed E-state index contributed by atoms with van der Waals surface area (Å²) < 4.78 is 33.1. The topological polar surface area (TPSA) is 87.2 Å². The average molecular weight is 523 g/mol. The lowest BCUT2D eigenvalue weighted by Gasteiger charge is -2.39. The highest BCUT2D eigenvalue weighted by atomic mass is 32.2. The van der Waals surface area contributed by atoms with Gasteiger partial charge in [0, 0.05) is 13.1 Å². The Balaban J connectivity index is 1.47. The van der Waals surface area contributed by atoms with Crippen LogP contribution in [0.2, 0.25) is 0 Å². The molecule has 1 N–H and O–H groups in total. The molecule has 1 heterocycles. The van der Waals surface area contributed by atoms with Gasteiger partial charge in [0.1, 0.15) is 11.8 Å². The number of hydrogen-bond acceptors (Lipinski definition) is 5. The minimum absolute atomic E-state index is 0.0775. The summed E-state index contributed by atoms with van der Waals surface area (Å²) in [6, 6.07) is 23.3. The Labute approximate surface area is 219 Å². The maximum absolute atomic E-state index is 13.4. The number of hydrogen-bond donors (Lipinski definition) is 1. The van der Waals surface area contributed by atoms with Crippen LogP contribution >= 0.6 is 0 Å². The summed E-state index contributed by atoms with van der Waals surface area (Å²) >= 11 is 0. The zero-order chi connectivity index (χ0) is 26.6. The molecule has 0 amide bonds.